The first-order valence-electron chi connectivity index (χ1n) is 9.87. The fraction of sp³-hybridized carbons (Fsp3) is 0.333. The minimum atomic E-state index is -1.80. The molecular formula is C21H22O14. The van der Waals surface area contributed by atoms with Crippen molar-refractivity contribution in [2.45, 2.75) is 30.7 Å². The summed E-state index contributed by atoms with van der Waals surface area (Å²) >= 11 is 0. The molecule has 0 bridgehead atoms. The monoisotopic (exact) mass is 498 g/mol. The van der Waals surface area contributed by atoms with E-state index in [1.165, 1.54) is 0 Å². The van der Waals surface area contributed by atoms with Gasteiger partial charge in [0.1, 0.15) is 24.9 Å². The Morgan fingerprint density at radius 2 is 1.26 bits per heavy atom. The zero-order chi connectivity index (χ0) is 26.0. The van der Waals surface area contributed by atoms with E-state index < -0.39 is 89.3 Å². The van der Waals surface area contributed by atoms with Crippen LogP contribution in [-0.2, 0) is 18.9 Å². The summed E-state index contributed by atoms with van der Waals surface area (Å²) in [5.74, 6) is -7.30. The molecule has 1 fully saturated rings. The smallest absolute Gasteiger partial charge is 0.338 e. The van der Waals surface area contributed by atoms with Crippen LogP contribution in [0.5, 0.6) is 34.5 Å². The lowest BCUT2D eigenvalue weighted by Crippen LogP contribution is -2.60. The van der Waals surface area contributed by atoms with Crippen molar-refractivity contribution in [3.63, 3.8) is 0 Å². The zero-order valence-corrected chi connectivity index (χ0v) is 17.9. The number of phenols is 6. The SMILES string of the molecule is CO[C@H]1O[C@H](COC(=O)c2cc(O)c(O)c(O)c2)[C@@H](OC(=O)c2cc(O)c(O)c(O)c2)[C@H](O)[C@H]1O. The summed E-state index contributed by atoms with van der Waals surface area (Å²) in [6.45, 7) is -0.686. The first-order chi connectivity index (χ1) is 16.4. The van der Waals surface area contributed by atoms with Gasteiger partial charge in [-0.1, -0.05) is 0 Å². The molecule has 0 saturated carbocycles. The highest BCUT2D eigenvalue weighted by molar-refractivity contribution is 5.92. The maximum atomic E-state index is 12.6. The molecule has 8 N–H and O–H groups in total. The molecule has 0 aromatic heterocycles. The molecule has 190 valence electrons. The summed E-state index contributed by atoms with van der Waals surface area (Å²) in [5, 5.41) is 77.8. The van der Waals surface area contributed by atoms with E-state index in [2.05, 4.69) is 0 Å². The molecular weight excluding hydrogens is 476 g/mol. The Balaban J connectivity index is 1.80. The summed E-state index contributed by atoms with van der Waals surface area (Å²) in [7, 11) is 1.15. The van der Waals surface area contributed by atoms with Crippen LogP contribution in [0.1, 0.15) is 20.7 Å². The first-order valence-corrected chi connectivity index (χ1v) is 9.87. The van der Waals surface area contributed by atoms with Gasteiger partial charge in [-0.3, -0.25) is 0 Å². The van der Waals surface area contributed by atoms with E-state index in [4.69, 9.17) is 18.9 Å². The van der Waals surface area contributed by atoms with E-state index in [9.17, 15) is 50.4 Å². The van der Waals surface area contributed by atoms with E-state index in [0.29, 0.717) is 0 Å². The third-order valence-electron chi connectivity index (χ3n) is 5.11. The molecule has 2 aromatic carbocycles. The zero-order valence-electron chi connectivity index (χ0n) is 17.9. The average molecular weight is 498 g/mol. The lowest BCUT2D eigenvalue weighted by atomic mass is 9.98. The molecule has 5 atom stereocenters. The highest BCUT2D eigenvalue weighted by atomic mass is 16.7. The number of carbonyl (C=O) groups excluding carboxylic acids is 2. The lowest BCUT2D eigenvalue weighted by molar-refractivity contribution is -0.293. The quantitative estimate of drug-likeness (QED) is 0.183. The number of aliphatic hydroxyl groups excluding tert-OH is 2. The van der Waals surface area contributed by atoms with Gasteiger partial charge in [-0.05, 0) is 24.3 Å². The largest absolute Gasteiger partial charge is 0.504 e. The number of esters is 2. The lowest BCUT2D eigenvalue weighted by Gasteiger charge is -2.41. The molecule has 1 aliphatic rings. The van der Waals surface area contributed by atoms with Gasteiger partial charge in [-0.15, -0.1) is 0 Å². The van der Waals surface area contributed by atoms with Crippen LogP contribution in [0.3, 0.4) is 0 Å². The van der Waals surface area contributed by atoms with Gasteiger partial charge in [-0.2, -0.15) is 0 Å². The molecule has 35 heavy (non-hydrogen) atoms. The maximum absolute atomic E-state index is 12.6. The maximum Gasteiger partial charge on any atom is 0.338 e. The second kappa shape index (κ2) is 10.1. The number of benzene rings is 2. The molecule has 1 heterocycles. The van der Waals surface area contributed by atoms with Gasteiger partial charge in [0.25, 0.3) is 0 Å². The Morgan fingerprint density at radius 3 is 1.71 bits per heavy atom. The Hall–Kier alpha value is -3.98. The second-order valence-corrected chi connectivity index (χ2v) is 7.45. The van der Waals surface area contributed by atoms with Gasteiger partial charge in [0, 0.05) is 7.11 Å². The predicted octanol–water partition coefficient (Wildman–Crippen LogP) is -0.604. The van der Waals surface area contributed by atoms with E-state index in [-0.39, 0.29) is 5.56 Å². The number of aliphatic hydroxyl groups is 2. The Kier molecular flexibility index (Phi) is 7.40. The van der Waals surface area contributed by atoms with Crippen LogP contribution in [0.15, 0.2) is 24.3 Å². The summed E-state index contributed by atoms with van der Waals surface area (Å²) < 4.78 is 20.6. The van der Waals surface area contributed by atoms with Crippen molar-refractivity contribution in [1.29, 1.82) is 0 Å². The van der Waals surface area contributed by atoms with E-state index >= 15 is 0 Å². The number of hydrogen-bond acceptors (Lipinski definition) is 14. The van der Waals surface area contributed by atoms with Crippen molar-refractivity contribution >= 4 is 11.9 Å². The Morgan fingerprint density at radius 1 is 0.800 bits per heavy atom. The molecule has 0 radical (unpaired) electrons. The standard InChI is InChI=1S/C21H22O14/c1-32-21-17(29)16(28)18(35-20(31)8-4-11(24)15(27)12(25)5-8)13(34-21)6-33-19(30)7-2-9(22)14(26)10(23)3-7/h2-5,13,16-18,21-29H,6H2,1H3/t13-,16-,17-,18-,21+/m1/s1. The fourth-order valence-electron chi connectivity index (χ4n) is 3.26. The summed E-state index contributed by atoms with van der Waals surface area (Å²) in [4.78, 5) is 24.9. The van der Waals surface area contributed by atoms with Crippen LogP contribution in [0.4, 0.5) is 0 Å². The van der Waals surface area contributed by atoms with E-state index in [1.54, 1.807) is 0 Å². The van der Waals surface area contributed by atoms with Crippen LogP contribution in [-0.4, -0.2) is 97.2 Å². The summed E-state index contributed by atoms with van der Waals surface area (Å²) in [6, 6.07) is 3.19. The highest BCUT2D eigenvalue weighted by Crippen LogP contribution is 2.37. The minimum Gasteiger partial charge on any atom is -0.504 e. The minimum absolute atomic E-state index is 0.360. The van der Waals surface area contributed by atoms with E-state index in [1.807, 2.05) is 0 Å². The van der Waals surface area contributed by atoms with Crippen molar-refractivity contribution in [2.75, 3.05) is 13.7 Å². The van der Waals surface area contributed by atoms with Crippen LogP contribution < -0.4 is 0 Å². The van der Waals surface area contributed by atoms with Crippen molar-refractivity contribution < 1.29 is 69.4 Å². The van der Waals surface area contributed by atoms with Gasteiger partial charge >= 0.3 is 11.9 Å². The highest BCUT2D eigenvalue weighted by Gasteiger charge is 2.47. The summed E-state index contributed by atoms with van der Waals surface area (Å²) in [6.07, 6.45) is -7.98. The topological polar surface area (TPSA) is 233 Å². The molecule has 1 saturated heterocycles. The third-order valence-corrected chi connectivity index (χ3v) is 5.11. The molecule has 0 aliphatic carbocycles. The van der Waals surface area contributed by atoms with Crippen molar-refractivity contribution in [3.05, 3.63) is 35.4 Å². The molecule has 1 aliphatic heterocycles. The summed E-state index contributed by atoms with van der Waals surface area (Å²) in [5.41, 5.74) is -0.791. The number of hydrogen-bond donors (Lipinski definition) is 8. The number of carbonyl (C=O) groups is 2. The van der Waals surface area contributed by atoms with Gasteiger partial charge in [0.05, 0.1) is 11.1 Å². The molecule has 14 nitrogen and oxygen atoms in total. The van der Waals surface area contributed by atoms with Crippen LogP contribution in [0, 0.1) is 0 Å². The molecule has 0 amide bonds. The number of phenolic OH excluding ortho intramolecular Hbond substituents is 6. The normalized spacial score (nSPS) is 24.0. The average Bonchev–Trinajstić information content (AvgIpc) is 2.82. The number of methoxy groups -OCH3 is 1. The van der Waals surface area contributed by atoms with Crippen molar-refractivity contribution in [3.8, 4) is 34.5 Å². The molecule has 0 spiro atoms. The first kappa shape index (κ1) is 25.6. The van der Waals surface area contributed by atoms with Crippen LogP contribution in [0.25, 0.3) is 0 Å². The van der Waals surface area contributed by atoms with E-state index in [0.717, 1.165) is 31.4 Å². The van der Waals surface area contributed by atoms with Crippen LogP contribution >= 0.6 is 0 Å². The van der Waals surface area contributed by atoms with Gasteiger partial charge in [0.2, 0.25) is 0 Å². The number of ether oxygens (including phenoxy) is 4. The molecule has 3 rings (SSSR count). The van der Waals surface area contributed by atoms with Gasteiger partial charge in [0.15, 0.2) is 46.9 Å². The molecule has 0 unspecified atom stereocenters. The fourth-order valence-corrected chi connectivity index (χ4v) is 3.26. The van der Waals surface area contributed by atoms with Crippen LogP contribution in [0.2, 0.25) is 0 Å². The Bertz CT molecular complexity index is 1070. The van der Waals surface area contributed by atoms with Crippen molar-refractivity contribution in [2.24, 2.45) is 0 Å². The van der Waals surface area contributed by atoms with Crippen molar-refractivity contribution in [1.82, 2.24) is 0 Å². The van der Waals surface area contributed by atoms with Gasteiger partial charge in [-0.25, -0.2) is 9.59 Å². The van der Waals surface area contributed by atoms with Gasteiger partial charge < -0.3 is 59.8 Å². The number of aromatic hydroxyl groups is 6. The Labute approximate surface area is 196 Å². The predicted molar refractivity (Wildman–Crippen MR) is 110 cm³/mol. The second-order valence-electron chi connectivity index (χ2n) is 7.45. The number of rotatable bonds is 6. The molecule has 14 heteroatoms. The third kappa shape index (κ3) is 5.25. The molecule has 2 aromatic rings.